The molecule has 2 heterocycles. The largest absolute Gasteiger partial charge is 0.507 e. The SMILES string of the molecule is O=C1C(=O)N(CCCn2ccnc2)C(c2cccc([N+](=O)[O-])c2)/C1=C(/O)c1ccc(Br)cc1. The fraction of sp³-hybridized carbons (Fsp3) is 0.174. The van der Waals surface area contributed by atoms with Gasteiger partial charge in [0.05, 0.1) is 22.9 Å². The highest BCUT2D eigenvalue weighted by Gasteiger charge is 2.46. The van der Waals surface area contributed by atoms with Crippen LogP contribution < -0.4 is 0 Å². The van der Waals surface area contributed by atoms with Crippen LogP contribution >= 0.6 is 15.9 Å². The number of aliphatic hydroxyl groups is 1. The molecule has 1 aliphatic heterocycles. The molecular weight excluding hydrogens is 492 g/mol. The molecule has 2 aromatic carbocycles. The van der Waals surface area contributed by atoms with E-state index in [1.54, 1.807) is 49.1 Å². The van der Waals surface area contributed by atoms with Gasteiger partial charge in [0.15, 0.2) is 0 Å². The van der Waals surface area contributed by atoms with E-state index in [4.69, 9.17) is 0 Å². The number of nitro benzene ring substituents is 1. The summed E-state index contributed by atoms with van der Waals surface area (Å²) in [4.78, 5) is 42.1. The van der Waals surface area contributed by atoms with Crippen LogP contribution in [0.15, 0.2) is 77.3 Å². The van der Waals surface area contributed by atoms with Gasteiger partial charge in [-0.05, 0) is 24.1 Å². The average Bonchev–Trinajstić information content (AvgIpc) is 3.41. The zero-order valence-electron chi connectivity index (χ0n) is 17.3. The highest BCUT2D eigenvalue weighted by atomic mass is 79.9. The summed E-state index contributed by atoms with van der Waals surface area (Å²) in [5.41, 5.74) is 0.486. The molecule has 1 fully saturated rings. The van der Waals surface area contributed by atoms with E-state index in [-0.39, 0.29) is 23.6 Å². The molecule has 3 aromatic rings. The molecule has 168 valence electrons. The van der Waals surface area contributed by atoms with Crippen LogP contribution in [0.2, 0.25) is 0 Å². The standard InChI is InChI=1S/C23H19BrN4O5/c24-17-7-5-15(6-8-17)21(29)19-20(16-3-1-4-18(13-16)28(32)33)27(23(31)22(19)30)11-2-10-26-12-9-25-14-26/h1,3-9,12-14,20,29H,2,10-11H2/b21-19-. The van der Waals surface area contributed by atoms with Crippen molar-refractivity contribution in [2.45, 2.75) is 19.0 Å². The van der Waals surface area contributed by atoms with Gasteiger partial charge in [0, 0.05) is 47.7 Å². The monoisotopic (exact) mass is 510 g/mol. The number of non-ortho nitro benzene ring substituents is 1. The minimum atomic E-state index is -0.948. The molecule has 1 amide bonds. The van der Waals surface area contributed by atoms with Crippen molar-refractivity contribution in [3.63, 3.8) is 0 Å². The lowest BCUT2D eigenvalue weighted by Crippen LogP contribution is -2.31. The van der Waals surface area contributed by atoms with Gasteiger partial charge in [-0.15, -0.1) is 0 Å². The quantitative estimate of drug-likeness (QED) is 0.168. The predicted molar refractivity (Wildman–Crippen MR) is 123 cm³/mol. The molecule has 1 atom stereocenters. The number of rotatable bonds is 7. The lowest BCUT2D eigenvalue weighted by molar-refractivity contribution is -0.384. The number of carbonyl (C=O) groups excluding carboxylic acids is 2. The predicted octanol–water partition coefficient (Wildman–Crippen LogP) is 4.07. The van der Waals surface area contributed by atoms with Crippen LogP contribution in [0, 0.1) is 10.1 Å². The van der Waals surface area contributed by atoms with Crippen molar-refractivity contribution < 1.29 is 19.6 Å². The number of halogens is 1. The second-order valence-corrected chi connectivity index (χ2v) is 8.42. The van der Waals surface area contributed by atoms with E-state index in [9.17, 15) is 24.8 Å². The van der Waals surface area contributed by atoms with Gasteiger partial charge in [-0.25, -0.2) is 4.98 Å². The molecule has 0 spiro atoms. The summed E-state index contributed by atoms with van der Waals surface area (Å²) >= 11 is 3.33. The van der Waals surface area contributed by atoms with Crippen LogP contribution in [0.5, 0.6) is 0 Å². The van der Waals surface area contributed by atoms with Crippen LogP contribution in [-0.4, -0.2) is 42.7 Å². The van der Waals surface area contributed by atoms with Gasteiger partial charge in [-0.3, -0.25) is 19.7 Å². The second kappa shape index (κ2) is 9.37. The number of aryl methyl sites for hydroxylation is 1. The van der Waals surface area contributed by atoms with Crippen LogP contribution in [0.1, 0.15) is 23.6 Å². The molecule has 10 heteroatoms. The van der Waals surface area contributed by atoms with E-state index in [1.807, 2.05) is 4.57 Å². The van der Waals surface area contributed by atoms with Crippen molar-refractivity contribution in [3.05, 3.63) is 98.5 Å². The molecule has 4 rings (SSSR count). The maximum atomic E-state index is 13.0. The lowest BCUT2D eigenvalue weighted by atomic mass is 9.95. The van der Waals surface area contributed by atoms with E-state index in [1.165, 1.54) is 23.1 Å². The summed E-state index contributed by atoms with van der Waals surface area (Å²) in [6.45, 7) is 0.782. The van der Waals surface area contributed by atoms with Gasteiger partial charge < -0.3 is 14.6 Å². The number of aliphatic hydroxyl groups excluding tert-OH is 1. The Hall–Kier alpha value is -3.79. The number of carbonyl (C=O) groups is 2. The van der Waals surface area contributed by atoms with E-state index >= 15 is 0 Å². The Bertz CT molecular complexity index is 1240. The third kappa shape index (κ3) is 4.56. The van der Waals surface area contributed by atoms with Gasteiger partial charge in [-0.1, -0.05) is 40.2 Å². The Balaban J connectivity index is 1.76. The number of ketones is 1. The molecule has 0 aliphatic carbocycles. The molecule has 1 aromatic heterocycles. The number of benzene rings is 2. The first-order valence-electron chi connectivity index (χ1n) is 10.1. The third-order valence-corrected chi connectivity index (χ3v) is 5.96. The van der Waals surface area contributed by atoms with Crippen LogP contribution in [-0.2, 0) is 16.1 Å². The number of imidazole rings is 1. The highest BCUT2D eigenvalue weighted by Crippen LogP contribution is 2.40. The van der Waals surface area contributed by atoms with Gasteiger partial charge in [-0.2, -0.15) is 0 Å². The number of hydrogen-bond acceptors (Lipinski definition) is 6. The summed E-state index contributed by atoms with van der Waals surface area (Å²) in [6.07, 6.45) is 5.61. The molecule has 9 nitrogen and oxygen atoms in total. The number of likely N-dealkylation sites (tertiary alicyclic amines) is 1. The summed E-state index contributed by atoms with van der Waals surface area (Å²) in [7, 11) is 0. The van der Waals surface area contributed by atoms with Crippen molar-refractivity contribution in [2.75, 3.05) is 6.54 Å². The molecule has 0 radical (unpaired) electrons. The average molecular weight is 511 g/mol. The van der Waals surface area contributed by atoms with Crippen molar-refractivity contribution in [3.8, 4) is 0 Å². The van der Waals surface area contributed by atoms with Gasteiger partial charge >= 0.3 is 0 Å². The Morgan fingerprint density at radius 2 is 1.91 bits per heavy atom. The Kier molecular flexibility index (Phi) is 6.36. The van der Waals surface area contributed by atoms with Crippen LogP contribution in [0.25, 0.3) is 5.76 Å². The minimum Gasteiger partial charge on any atom is -0.507 e. The number of hydrogen-bond donors (Lipinski definition) is 1. The van der Waals surface area contributed by atoms with E-state index in [0.717, 1.165) is 4.47 Å². The van der Waals surface area contributed by atoms with Crippen LogP contribution in [0.3, 0.4) is 0 Å². The fourth-order valence-corrected chi connectivity index (χ4v) is 4.14. The number of aromatic nitrogens is 2. The zero-order valence-corrected chi connectivity index (χ0v) is 18.9. The van der Waals surface area contributed by atoms with Crippen molar-refractivity contribution in [1.82, 2.24) is 14.5 Å². The fourth-order valence-electron chi connectivity index (χ4n) is 3.87. The van der Waals surface area contributed by atoms with Crippen molar-refractivity contribution in [2.24, 2.45) is 0 Å². The summed E-state index contributed by atoms with van der Waals surface area (Å²) in [5.74, 6) is -1.90. The molecule has 0 bridgehead atoms. The second-order valence-electron chi connectivity index (χ2n) is 7.51. The molecule has 0 saturated carbocycles. The van der Waals surface area contributed by atoms with Gasteiger partial charge in [0.1, 0.15) is 5.76 Å². The first-order valence-corrected chi connectivity index (χ1v) is 10.9. The summed E-state index contributed by atoms with van der Waals surface area (Å²) in [5, 5.41) is 22.4. The summed E-state index contributed by atoms with van der Waals surface area (Å²) < 4.78 is 2.63. The number of nitro groups is 1. The zero-order chi connectivity index (χ0) is 23.5. The molecule has 33 heavy (non-hydrogen) atoms. The van der Waals surface area contributed by atoms with Crippen molar-refractivity contribution in [1.29, 1.82) is 0 Å². The minimum absolute atomic E-state index is 0.0922. The Morgan fingerprint density at radius 3 is 2.58 bits per heavy atom. The van der Waals surface area contributed by atoms with Gasteiger partial charge in [0.2, 0.25) is 0 Å². The Labute approximate surface area is 197 Å². The number of Topliss-reactive ketones (excluding diaryl/α,β-unsaturated/α-hetero) is 1. The maximum Gasteiger partial charge on any atom is 0.295 e. The third-order valence-electron chi connectivity index (χ3n) is 5.43. The van der Waals surface area contributed by atoms with Gasteiger partial charge in [0.25, 0.3) is 17.4 Å². The van der Waals surface area contributed by atoms with E-state index in [0.29, 0.717) is 24.1 Å². The molecule has 1 aliphatic rings. The normalized spacial score (nSPS) is 17.5. The lowest BCUT2D eigenvalue weighted by Gasteiger charge is -2.25. The van der Waals surface area contributed by atoms with E-state index in [2.05, 4.69) is 20.9 Å². The maximum absolute atomic E-state index is 13.0. The smallest absolute Gasteiger partial charge is 0.295 e. The number of amides is 1. The van der Waals surface area contributed by atoms with Crippen LogP contribution in [0.4, 0.5) is 5.69 Å². The topological polar surface area (TPSA) is 119 Å². The first kappa shape index (κ1) is 22.4. The molecular formula is C23H19BrN4O5. The molecule has 1 N–H and O–H groups in total. The summed E-state index contributed by atoms with van der Waals surface area (Å²) in [6, 6.07) is 11.5. The molecule has 1 unspecified atom stereocenters. The van der Waals surface area contributed by atoms with E-state index < -0.39 is 22.7 Å². The van der Waals surface area contributed by atoms with Crippen molar-refractivity contribution >= 4 is 39.1 Å². The Morgan fingerprint density at radius 1 is 1.15 bits per heavy atom. The molecule has 1 saturated heterocycles. The first-order chi connectivity index (χ1) is 15.9. The number of nitrogens with zero attached hydrogens (tertiary/aromatic N) is 4. The highest BCUT2D eigenvalue weighted by molar-refractivity contribution is 9.10.